The van der Waals surface area contributed by atoms with Crippen LogP contribution in [0.25, 0.3) is 0 Å². The van der Waals surface area contributed by atoms with Crippen LogP contribution in [-0.2, 0) is 9.59 Å². The second-order valence-electron chi connectivity index (χ2n) is 6.14. The molecule has 1 aliphatic rings. The van der Waals surface area contributed by atoms with Gasteiger partial charge in [0.1, 0.15) is 5.54 Å². The van der Waals surface area contributed by atoms with E-state index in [1.807, 2.05) is 13.8 Å². The van der Waals surface area contributed by atoms with Crippen LogP contribution in [0.1, 0.15) is 53.4 Å². The third-order valence-corrected chi connectivity index (χ3v) is 3.78. The van der Waals surface area contributed by atoms with Crippen molar-refractivity contribution in [1.82, 2.24) is 4.90 Å². The highest BCUT2D eigenvalue weighted by atomic mass is 16.4. The van der Waals surface area contributed by atoms with E-state index in [2.05, 4.69) is 13.8 Å². The zero-order valence-electron chi connectivity index (χ0n) is 11.2. The summed E-state index contributed by atoms with van der Waals surface area (Å²) in [6, 6.07) is -0.0856. The second-order valence-corrected chi connectivity index (χ2v) is 6.14. The van der Waals surface area contributed by atoms with Crippen LogP contribution in [0.4, 0.5) is 0 Å². The van der Waals surface area contributed by atoms with Crippen molar-refractivity contribution in [2.75, 3.05) is 0 Å². The molecule has 1 amide bonds. The molecule has 1 atom stereocenters. The van der Waals surface area contributed by atoms with Crippen molar-refractivity contribution in [3.63, 3.8) is 0 Å². The molecule has 0 heterocycles. The van der Waals surface area contributed by atoms with Crippen LogP contribution in [0.2, 0.25) is 0 Å². The summed E-state index contributed by atoms with van der Waals surface area (Å²) in [6.07, 6.45) is 3.66. The van der Waals surface area contributed by atoms with Gasteiger partial charge in [-0.25, -0.2) is 4.79 Å². The van der Waals surface area contributed by atoms with E-state index in [4.69, 9.17) is 0 Å². The highest BCUT2D eigenvalue weighted by molar-refractivity contribution is 5.82. The van der Waals surface area contributed by atoms with Crippen molar-refractivity contribution in [2.45, 2.75) is 65.0 Å². The number of nitrogens with zero attached hydrogens (tertiary/aromatic N) is 1. The summed E-state index contributed by atoms with van der Waals surface area (Å²) >= 11 is 0. The topological polar surface area (TPSA) is 57.6 Å². The summed E-state index contributed by atoms with van der Waals surface area (Å²) in [5.41, 5.74) is -1.04. The first-order chi connectivity index (χ1) is 7.75. The zero-order chi connectivity index (χ0) is 13.3. The summed E-state index contributed by atoms with van der Waals surface area (Å²) in [4.78, 5) is 24.4. The summed E-state index contributed by atoms with van der Waals surface area (Å²) < 4.78 is 0. The van der Waals surface area contributed by atoms with E-state index in [0.717, 1.165) is 12.8 Å². The van der Waals surface area contributed by atoms with Gasteiger partial charge in [0.25, 0.3) is 0 Å². The smallest absolute Gasteiger partial charge is 0.329 e. The molecule has 1 rings (SSSR count). The number of carboxylic acids is 1. The number of hydrogen-bond acceptors (Lipinski definition) is 2. The Morgan fingerprint density at radius 1 is 1.35 bits per heavy atom. The van der Waals surface area contributed by atoms with E-state index in [1.54, 1.807) is 0 Å². The molecule has 1 fully saturated rings. The monoisotopic (exact) mass is 241 g/mol. The first kappa shape index (κ1) is 14.0. The Morgan fingerprint density at radius 3 is 2.29 bits per heavy atom. The fraction of sp³-hybridized carbons (Fsp3) is 0.846. The molecule has 4 nitrogen and oxygen atoms in total. The van der Waals surface area contributed by atoms with Gasteiger partial charge < -0.3 is 10.0 Å². The normalized spacial score (nSPS) is 27.8. The summed E-state index contributed by atoms with van der Waals surface area (Å²) in [6.45, 7) is 7.88. The number of hydrogen-bond donors (Lipinski definition) is 1. The fourth-order valence-corrected chi connectivity index (χ4v) is 3.06. The SMILES string of the molecule is CC(C)N(C=O)C1(C(=O)O)CCCC(C)(C)C1. The lowest BCUT2D eigenvalue weighted by Gasteiger charge is -2.48. The van der Waals surface area contributed by atoms with Gasteiger partial charge in [-0.15, -0.1) is 0 Å². The third-order valence-electron chi connectivity index (χ3n) is 3.78. The third kappa shape index (κ3) is 2.61. The van der Waals surface area contributed by atoms with Gasteiger partial charge in [0.2, 0.25) is 6.41 Å². The van der Waals surface area contributed by atoms with E-state index in [1.165, 1.54) is 4.90 Å². The van der Waals surface area contributed by atoms with Crippen LogP contribution in [0.15, 0.2) is 0 Å². The molecule has 0 bridgehead atoms. The predicted molar refractivity (Wildman–Crippen MR) is 65.7 cm³/mol. The molecule has 1 N–H and O–H groups in total. The molecule has 98 valence electrons. The van der Waals surface area contributed by atoms with Crippen molar-refractivity contribution in [3.05, 3.63) is 0 Å². The minimum Gasteiger partial charge on any atom is -0.479 e. The zero-order valence-corrected chi connectivity index (χ0v) is 11.2. The van der Waals surface area contributed by atoms with Crippen LogP contribution < -0.4 is 0 Å². The molecule has 1 aliphatic carbocycles. The predicted octanol–water partition coefficient (Wildman–Crippen LogP) is 2.28. The number of aliphatic carboxylic acids is 1. The minimum atomic E-state index is -1.02. The lowest BCUT2D eigenvalue weighted by molar-refractivity contribution is -0.163. The number of carbonyl (C=O) groups is 2. The van der Waals surface area contributed by atoms with Gasteiger partial charge in [-0.05, 0) is 44.9 Å². The average molecular weight is 241 g/mol. The summed E-state index contributed by atoms with van der Waals surface area (Å²) in [5, 5.41) is 9.57. The molecular weight excluding hydrogens is 218 g/mol. The second kappa shape index (κ2) is 4.67. The van der Waals surface area contributed by atoms with Gasteiger partial charge in [-0.1, -0.05) is 13.8 Å². The number of amides is 1. The Labute approximate surface area is 103 Å². The van der Waals surface area contributed by atoms with E-state index < -0.39 is 11.5 Å². The molecule has 0 aromatic carbocycles. The highest BCUT2D eigenvalue weighted by Gasteiger charge is 2.50. The quantitative estimate of drug-likeness (QED) is 0.768. The number of carboxylic acid groups (broad SMARTS) is 1. The average Bonchev–Trinajstić information content (AvgIpc) is 2.15. The van der Waals surface area contributed by atoms with Crippen molar-refractivity contribution in [2.24, 2.45) is 5.41 Å². The Kier molecular flexibility index (Phi) is 3.84. The Morgan fingerprint density at radius 2 is 1.94 bits per heavy atom. The van der Waals surface area contributed by atoms with Gasteiger partial charge in [-0.3, -0.25) is 4.79 Å². The first-order valence-corrected chi connectivity index (χ1v) is 6.22. The van der Waals surface area contributed by atoms with Crippen LogP contribution in [-0.4, -0.2) is 34.0 Å². The van der Waals surface area contributed by atoms with Crippen LogP contribution in [0.5, 0.6) is 0 Å². The standard InChI is InChI=1S/C13H23NO3/c1-10(2)14(9-15)13(11(16)17)7-5-6-12(3,4)8-13/h9-10H,5-8H2,1-4H3,(H,16,17). The van der Waals surface area contributed by atoms with Gasteiger partial charge in [0.15, 0.2) is 0 Å². The molecule has 0 aliphatic heterocycles. The largest absolute Gasteiger partial charge is 0.479 e. The minimum absolute atomic E-state index is 0.0210. The Balaban J connectivity index is 3.12. The summed E-state index contributed by atoms with van der Waals surface area (Å²) in [7, 11) is 0. The number of rotatable bonds is 4. The van der Waals surface area contributed by atoms with Crippen LogP contribution in [0, 0.1) is 5.41 Å². The molecule has 0 spiro atoms. The molecule has 4 heteroatoms. The Bertz CT molecular complexity index is 312. The Hall–Kier alpha value is -1.06. The molecule has 0 aromatic rings. The first-order valence-electron chi connectivity index (χ1n) is 6.22. The van der Waals surface area contributed by atoms with Crippen molar-refractivity contribution in [3.8, 4) is 0 Å². The number of carbonyl (C=O) groups excluding carboxylic acids is 1. The fourth-order valence-electron chi connectivity index (χ4n) is 3.06. The van der Waals surface area contributed by atoms with Gasteiger partial charge in [-0.2, -0.15) is 0 Å². The molecular formula is C13H23NO3. The van der Waals surface area contributed by atoms with Crippen molar-refractivity contribution < 1.29 is 14.7 Å². The van der Waals surface area contributed by atoms with Crippen molar-refractivity contribution in [1.29, 1.82) is 0 Å². The van der Waals surface area contributed by atoms with Gasteiger partial charge in [0.05, 0.1) is 0 Å². The maximum absolute atomic E-state index is 11.7. The van der Waals surface area contributed by atoms with Gasteiger partial charge in [0, 0.05) is 6.04 Å². The molecule has 0 saturated heterocycles. The van der Waals surface area contributed by atoms with E-state index in [-0.39, 0.29) is 11.5 Å². The molecule has 1 saturated carbocycles. The molecule has 0 radical (unpaired) electrons. The van der Waals surface area contributed by atoms with E-state index in [9.17, 15) is 14.7 Å². The molecule has 1 unspecified atom stereocenters. The van der Waals surface area contributed by atoms with Gasteiger partial charge >= 0.3 is 5.97 Å². The lowest BCUT2D eigenvalue weighted by Crippen LogP contribution is -2.60. The summed E-state index contributed by atoms with van der Waals surface area (Å²) in [5.74, 6) is -0.869. The van der Waals surface area contributed by atoms with Crippen LogP contribution >= 0.6 is 0 Å². The van der Waals surface area contributed by atoms with E-state index in [0.29, 0.717) is 19.3 Å². The highest BCUT2D eigenvalue weighted by Crippen LogP contribution is 2.44. The maximum Gasteiger partial charge on any atom is 0.329 e. The molecule has 17 heavy (non-hydrogen) atoms. The van der Waals surface area contributed by atoms with E-state index >= 15 is 0 Å². The lowest BCUT2D eigenvalue weighted by atomic mass is 9.67. The molecule has 0 aromatic heterocycles. The van der Waals surface area contributed by atoms with Crippen LogP contribution in [0.3, 0.4) is 0 Å². The van der Waals surface area contributed by atoms with Crippen molar-refractivity contribution >= 4 is 12.4 Å². The maximum atomic E-state index is 11.7.